The highest BCUT2D eigenvalue weighted by molar-refractivity contribution is 5.77. The van der Waals surface area contributed by atoms with Crippen LogP contribution in [0, 0.1) is 0 Å². The van der Waals surface area contributed by atoms with E-state index in [-0.39, 0.29) is 12.8 Å². The summed E-state index contributed by atoms with van der Waals surface area (Å²) in [6, 6.07) is 0. The van der Waals surface area contributed by atoms with Gasteiger partial charge in [-0.2, -0.15) is 5.06 Å². The zero-order valence-corrected chi connectivity index (χ0v) is 10.6. The third kappa shape index (κ3) is 2.07. The minimum atomic E-state index is -1.68. The minimum absolute atomic E-state index is 0.145. The molecule has 0 aromatic carbocycles. The molecule has 0 amide bonds. The number of carboxylic acid groups (broad SMARTS) is 1. The van der Waals surface area contributed by atoms with Crippen LogP contribution in [0.5, 0.6) is 0 Å². The lowest BCUT2D eigenvalue weighted by Gasteiger charge is -2.54. The summed E-state index contributed by atoms with van der Waals surface area (Å²) in [5.74, 6) is -1.16. The van der Waals surface area contributed by atoms with Gasteiger partial charge in [-0.05, 0) is 27.7 Å². The Labute approximate surface area is 96.0 Å². The molecule has 16 heavy (non-hydrogen) atoms. The number of nitrogens with zero attached hydrogens (tertiary/aromatic N) is 1. The van der Waals surface area contributed by atoms with Crippen LogP contribution in [0.4, 0.5) is 0 Å². The summed E-state index contributed by atoms with van der Waals surface area (Å²) in [7, 11) is 1.56. The summed E-state index contributed by atoms with van der Waals surface area (Å²) in [4.78, 5) is 16.5. The molecule has 1 aliphatic heterocycles. The molecular weight excluding hydrogens is 210 g/mol. The van der Waals surface area contributed by atoms with Crippen molar-refractivity contribution in [3.8, 4) is 0 Å². The quantitative estimate of drug-likeness (QED) is 0.742. The molecule has 0 radical (unpaired) electrons. The molecule has 1 aliphatic rings. The van der Waals surface area contributed by atoms with Gasteiger partial charge in [-0.1, -0.05) is 0 Å². The molecule has 0 aromatic heterocycles. The van der Waals surface area contributed by atoms with Gasteiger partial charge in [0.05, 0.1) is 7.11 Å². The van der Waals surface area contributed by atoms with Gasteiger partial charge in [0.15, 0.2) is 5.60 Å². The first kappa shape index (κ1) is 13.4. The van der Waals surface area contributed by atoms with E-state index in [1.54, 1.807) is 12.2 Å². The molecule has 94 valence electrons. The van der Waals surface area contributed by atoms with Crippen molar-refractivity contribution < 1.29 is 19.8 Å². The molecule has 0 aliphatic carbocycles. The average molecular weight is 231 g/mol. The molecule has 2 N–H and O–H groups in total. The molecule has 5 nitrogen and oxygen atoms in total. The fourth-order valence-electron chi connectivity index (χ4n) is 3.10. The summed E-state index contributed by atoms with van der Waals surface area (Å²) < 4.78 is 0. The van der Waals surface area contributed by atoms with Gasteiger partial charge in [-0.25, -0.2) is 4.79 Å². The molecule has 1 fully saturated rings. The second kappa shape index (κ2) is 3.68. The van der Waals surface area contributed by atoms with Crippen LogP contribution < -0.4 is 0 Å². The van der Waals surface area contributed by atoms with E-state index in [0.717, 1.165) is 0 Å². The normalized spacial score (nSPS) is 27.6. The molecule has 0 unspecified atom stereocenters. The standard InChI is InChI=1S/C11H21NO4/c1-9(2)6-11(15,8(13)14)7-10(3,4)12(9)16-5/h15H,6-7H2,1-5H3,(H,13,14). The number of hydroxylamine groups is 2. The predicted octanol–water partition coefficient (Wildman–Crippen LogP) is 1.02. The Bertz CT molecular complexity index is 280. The lowest BCUT2D eigenvalue weighted by Crippen LogP contribution is -2.66. The highest BCUT2D eigenvalue weighted by Gasteiger charge is 2.55. The second-order valence-corrected chi connectivity index (χ2v) is 5.79. The van der Waals surface area contributed by atoms with E-state index in [4.69, 9.17) is 9.94 Å². The van der Waals surface area contributed by atoms with E-state index >= 15 is 0 Å². The van der Waals surface area contributed by atoms with E-state index < -0.39 is 22.6 Å². The summed E-state index contributed by atoms with van der Waals surface area (Å²) in [6.07, 6.45) is 0.291. The highest BCUT2D eigenvalue weighted by Crippen LogP contribution is 2.43. The number of carbonyl (C=O) groups is 1. The summed E-state index contributed by atoms with van der Waals surface area (Å²) in [5.41, 5.74) is -2.73. The van der Waals surface area contributed by atoms with Crippen molar-refractivity contribution in [1.82, 2.24) is 5.06 Å². The van der Waals surface area contributed by atoms with Crippen molar-refractivity contribution in [3.63, 3.8) is 0 Å². The van der Waals surface area contributed by atoms with Crippen molar-refractivity contribution in [2.45, 2.75) is 57.2 Å². The smallest absolute Gasteiger partial charge is 0.335 e. The molecular formula is C11H21NO4. The van der Waals surface area contributed by atoms with Crippen molar-refractivity contribution in [2.24, 2.45) is 0 Å². The summed E-state index contributed by atoms with van der Waals surface area (Å²) in [6.45, 7) is 7.47. The lowest BCUT2D eigenvalue weighted by atomic mass is 9.72. The summed E-state index contributed by atoms with van der Waals surface area (Å²) >= 11 is 0. The maximum Gasteiger partial charge on any atom is 0.335 e. The second-order valence-electron chi connectivity index (χ2n) is 5.79. The van der Waals surface area contributed by atoms with Crippen LogP contribution in [0.2, 0.25) is 0 Å². The maximum atomic E-state index is 11.1. The number of rotatable bonds is 2. The van der Waals surface area contributed by atoms with Crippen LogP contribution >= 0.6 is 0 Å². The maximum absolute atomic E-state index is 11.1. The fourth-order valence-corrected chi connectivity index (χ4v) is 3.10. The third-order valence-corrected chi connectivity index (χ3v) is 3.13. The zero-order chi connectivity index (χ0) is 12.8. The number of hydrogen-bond acceptors (Lipinski definition) is 4. The van der Waals surface area contributed by atoms with Gasteiger partial charge in [0, 0.05) is 23.9 Å². The Kier molecular flexibility index (Phi) is 3.09. The van der Waals surface area contributed by atoms with Crippen molar-refractivity contribution in [3.05, 3.63) is 0 Å². The third-order valence-electron chi connectivity index (χ3n) is 3.13. The van der Waals surface area contributed by atoms with Gasteiger partial charge >= 0.3 is 5.97 Å². The molecule has 1 rings (SSSR count). The largest absolute Gasteiger partial charge is 0.479 e. The van der Waals surface area contributed by atoms with Gasteiger partial charge in [-0.15, -0.1) is 0 Å². The highest BCUT2D eigenvalue weighted by atomic mass is 16.7. The van der Waals surface area contributed by atoms with Crippen molar-refractivity contribution >= 4 is 5.97 Å². The molecule has 0 saturated carbocycles. The first-order valence-electron chi connectivity index (χ1n) is 5.35. The number of piperidine rings is 1. The number of carboxylic acids is 1. The number of aliphatic carboxylic acids is 1. The number of aliphatic hydroxyl groups is 1. The predicted molar refractivity (Wildman–Crippen MR) is 58.8 cm³/mol. The van der Waals surface area contributed by atoms with E-state index in [0.29, 0.717) is 0 Å². The van der Waals surface area contributed by atoms with Crippen LogP contribution in [0.1, 0.15) is 40.5 Å². The van der Waals surface area contributed by atoms with Crippen LogP contribution in [-0.2, 0) is 9.63 Å². The molecule has 0 bridgehead atoms. The van der Waals surface area contributed by atoms with E-state index in [9.17, 15) is 9.90 Å². The van der Waals surface area contributed by atoms with Gasteiger partial charge < -0.3 is 15.1 Å². The Hall–Kier alpha value is -0.650. The van der Waals surface area contributed by atoms with Crippen LogP contribution in [-0.4, -0.2) is 45.0 Å². The summed E-state index contributed by atoms with van der Waals surface area (Å²) in [5, 5.41) is 21.0. The molecule has 0 spiro atoms. The minimum Gasteiger partial charge on any atom is -0.479 e. The topological polar surface area (TPSA) is 70.0 Å². The Morgan fingerprint density at radius 2 is 1.56 bits per heavy atom. The van der Waals surface area contributed by atoms with Crippen molar-refractivity contribution in [1.29, 1.82) is 0 Å². The first-order chi connectivity index (χ1) is 7.05. The van der Waals surface area contributed by atoms with Crippen molar-refractivity contribution in [2.75, 3.05) is 7.11 Å². The zero-order valence-electron chi connectivity index (χ0n) is 10.6. The van der Waals surface area contributed by atoms with E-state index in [1.165, 1.54) is 0 Å². The van der Waals surface area contributed by atoms with Crippen LogP contribution in [0.25, 0.3) is 0 Å². The monoisotopic (exact) mass is 231 g/mol. The molecule has 0 aromatic rings. The average Bonchev–Trinajstić information content (AvgIpc) is 1.98. The molecule has 5 heteroatoms. The van der Waals surface area contributed by atoms with E-state index in [2.05, 4.69) is 0 Å². The lowest BCUT2D eigenvalue weighted by molar-refractivity contribution is -0.290. The van der Waals surface area contributed by atoms with Gasteiger partial charge in [0.25, 0.3) is 0 Å². The van der Waals surface area contributed by atoms with E-state index in [1.807, 2.05) is 27.7 Å². The number of hydrogen-bond donors (Lipinski definition) is 2. The molecule has 1 heterocycles. The Morgan fingerprint density at radius 1 is 1.19 bits per heavy atom. The first-order valence-corrected chi connectivity index (χ1v) is 5.35. The fraction of sp³-hybridized carbons (Fsp3) is 0.909. The Morgan fingerprint density at radius 3 is 1.81 bits per heavy atom. The van der Waals surface area contributed by atoms with Crippen LogP contribution in [0.15, 0.2) is 0 Å². The Balaban J connectivity index is 3.11. The van der Waals surface area contributed by atoms with Gasteiger partial charge in [0.1, 0.15) is 0 Å². The molecule has 0 atom stereocenters. The van der Waals surface area contributed by atoms with Gasteiger partial charge in [-0.3, -0.25) is 0 Å². The van der Waals surface area contributed by atoms with Crippen LogP contribution in [0.3, 0.4) is 0 Å². The van der Waals surface area contributed by atoms with Gasteiger partial charge in [0.2, 0.25) is 0 Å². The molecule has 1 saturated heterocycles. The SMILES string of the molecule is CON1C(C)(C)CC(O)(C(=O)O)CC1(C)C.